The fourth-order valence-electron chi connectivity index (χ4n) is 5.22. The third-order valence-electron chi connectivity index (χ3n) is 7.03. The third kappa shape index (κ3) is 5.40. The average Bonchev–Trinajstić information content (AvgIpc) is 3.30. The number of hydrogen-bond donors (Lipinski definition) is 0. The highest BCUT2D eigenvalue weighted by atomic mass is 16.5. The van der Waals surface area contributed by atoms with Crippen LogP contribution in [0, 0.1) is 0 Å². The molecule has 0 spiro atoms. The van der Waals surface area contributed by atoms with Crippen LogP contribution in [-0.2, 0) is 29.0 Å². The van der Waals surface area contributed by atoms with Crippen molar-refractivity contribution < 1.29 is 19.1 Å². The highest BCUT2D eigenvalue weighted by molar-refractivity contribution is 5.96. The number of carbonyl (C=O) groups is 1. The molecule has 2 aliphatic heterocycles. The van der Waals surface area contributed by atoms with Crippen molar-refractivity contribution in [2.45, 2.75) is 45.2 Å². The van der Waals surface area contributed by atoms with Crippen LogP contribution in [0.5, 0.6) is 5.75 Å². The molecule has 0 bridgehead atoms. The van der Waals surface area contributed by atoms with Crippen LogP contribution in [0.1, 0.15) is 47.1 Å². The van der Waals surface area contributed by atoms with Crippen molar-refractivity contribution in [3.63, 3.8) is 0 Å². The van der Waals surface area contributed by atoms with Gasteiger partial charge in [0.2, 0.25) is 0 Å². The van der Waals surface area contributed by atoms with Gasteiger partial charge in [-0.05, 0) is 55.5 Å². The number of aryl methyl sites for hydroxylation is 1. The fraction of sp³-hybridized carbons (Fsp3) is 0.393. The zero-order valence-electron chi connectivity index (χ0n) is 20.9. The van der Waals surface area contributed by atoms with Crippen molar-refractivity contribution in [1.29, 1.82) is 0 Å². The van der Waals surface area contributed by atoms with Crippen LogP contribution >= 0.6 is 0 Å². The Morgan fingerprint density at radius 2 is 1.67 bits per heavy atom. The second-order valence-electron chi connectivity index (χ2n) is 9.06. The SMILES string of the molecule is CCc1nn(-c2ccc(OC)cc2)c2c1CCN(C1CCN(Cc3ccccc3)CC1)C2=O.O=C=O. The lowest BCUT2D eigenvalue weighted by Gasteiger charge is -2.40. The quantitative estimate of drug-likeness (QED) is 0.528. The van der Waals surface area contributed by atoms with Crippen LogP contribution in [0.3, 0.4) is 0 Å². The first-order valence-corrected chi connectivity index (χ1v) is 12.4. The van der Waals surface area contributed by atoms with E-state index in [-0.39, 0.29) is 12.1 Å². The fourth-order valence-corrected chi connectivity index (χ4v) is 5.22. The number of benzene rings is 2. The van der Waals surface area contributed by atoms with E-state index in [0.717, 1.165) is 80.3 Å². The number of nitrogens with zero attached hydrogens (tertiary/aromatic N) is 4. The molecule has 8 heteroatoms. The maximum Gasteiger partial charge on any atom is 0.373 e. The number of ether oxygens (including phenoxy) is 1. The van der Waals surface area contributed by atoms with Gasteiger partial charge in [-0.2, -0.15) is 14.7 Å². The second-order valence-corrected chi connectivity index (χ2v) is 9.06. The molecular formula is C28H32N4O4. The van der Waals surface area contributed by atoms with Crippen molar-refractivity contribution in [2.24, 2.45) is 0 Å². The van der Waals surface area contributed by atoms with Crippen LogP contribution in [-0.4, -0.2) is 64.4 Å². The van der Waals surface area contributed by atoms with Crippen LogP contribution in [0.25, 0.3) is 5.69 Å². The minimum absolute atomic E-state index is 0.126. The summed E-state index contributed by atoms with van der Waals surface area (Å²) in [6, 6.07) is 18.7. The van der Waals surface area contributed by atoms with Gasteiger partial charge in [-0.1, -0.05) is 37.3 Å². The Labute approximate surface area is 211 Å². The van der Waals surface area contributed by atoms with Crippen LogP contribution in [0.2, 0.25) is 0 Å². The van der Waals surface area contributed by atoms with Gasteiger partial charge in [0.25, 0.3) is 5.91 Å². The van der Waals surface area contributed by atoms with E-state index in [9.17, 15) is 4.79 Å². The second kappa shape index (κ2) is 11.8. The van der Waals surface area contributed by atoms with Gasteiger partial charge in [-0.25, -0.2) is 4.68 Å². The van der Waals surface area contributed by atoms with Crippen molar-refractivity contribution >= 4 is 12.1 Å². The van der Waals surface area contributed by atoms with E-state index in [1.165, 1.54) is 5.56 Å². The van der Waals surface area contributed by atoms with Gasteiger partial charge in [0.05, 0.1) is 18.5 Å². The monoisotopic (exact) mass is 488 g/mol. The Balaban J connectivity index is 0.000000967. The van der Waals surface area contributed by atoms with E-state index in [1.807, 2.05) is 28.9 Å². The van der Waals surface area contributed by atoms with Gasteiger partial charge in [0.1, 0.15) is 11.4 Å². The Morgan fingerprint density at radius 3 is 2.28 bits per heavy atom. The third-order valence-corrected chi connectivity index (χ3v) is 7.03. The lowest BCUT2D eigenvalue weighted by Crippen LogP contribution is -2.50. The zero-order chi connectivity index (χ0) is 25.5. The Bertz CT molecular complexity index is 1190. The number of piperidine rings is 1. The largest absolute Gasteiger partial charge is 0.497 e. The number of amides is 1. The lowest BCUT2D eigenvalue weighted by molar-refractivity contribution is -0.191. The maximum atomic E-state index is 13.8. The molecule has 1 fully saturated rings. The first kappa shape index (κ1) is 25.4. The summed E-state index contributed by atoms with van der Waals surface area (Å²) >= 11 is 0. The first-order chi connectivity index (χ1) is 17.6. The standard InChI is InChI=1S/C27H32N4O2.CO2/c1-3-25-24-15-18-30(21-13-16-29(17-14-21)19-20-7-5-4-6-8-20)27(32)26(24)31(28-25)22-9-11-23(33-2)12-10-22;2-1-3/h4-12,21H,3,13-19H2,1-2H3;. The minimum Gasteiger partial charge on any atom is -0.497 e. The minimum atomic E-state index is 0.126. The summed E-state index contributed by atoms with van der Waals surface area (Å²) in [6.45, 7) is 5.93. The molecule has 3 aromatic rings. The van der Waals surface area contributed by atoms with Gasteiger partial charge in [-0.15, -0.1) is 0 Å². The molecule has 3 heterocycles. The molecule has 1 amide bonds. The molecule has 5 rings (SSSR count). The molecule has 0 radical (unpaired) electrons. The molecule has 1 aromatic heterocycles. The van der Waals surface area contributed by atoms with Gasteiger partial charge in [-0.3, -0.25) is 9.69 Å². The van der Waals surface area contributed by atoms with E-state index in [0.29, 0.717) is 6.04 Å². The van der Waals surface area contributed by atoms with E-state index < -0.39 is 0 Å². The summed E-state index contributed by atoms with van der Waals surface area (Å²) in [7, 11) is 1.66. The molecule has 0 unspecified atom stereocenters. The van der Waals surface area contributed by atoms with E-state index in [2.05, 4.69) is 47.1 Å². The number of aromatic nitrogens is 2. The van der Waals surface area contributed by atoms with Crippen molar-refractivity contribution in [3.8, 4) is 11.4 Å². The Hall–Kier alpha value is -3.74. The number of carbonyl (C=O) groups excluding carboxylic acids is 3. The van der Waals surface area contributed by atoms with E-state index in [1.54, 1.807) is 7.11 Å². The molecule has 0 aliphatic carbocycles. The van der Waals surface area contributed by atoms with Gasteiger partial charge >= 0.3 is 6.15 Å². The van der Waals surface area contributed by atoms with Crippen LogP contribution in [0.15, 0.2) is 54.6 Å². The first-order valence-electron chi connectivity index (χ1n) is 12.4. The number of likely N-dealkylation sites (tertiary alicyclic amines) is 1. The number of rotatable bonds is 6. The predicted molar refractivity (Wildman–Crippen MR) is 134 cm³/mol. The Kier molecular flexibility index (Phi) is 8.31. The van der Waals surface area contributed by atoms with Crippen molar-refractivity contribution in [1.82, 2.24) is 19.6 Å². The summed E-state index contributed by atoms with van der Waals surface area (Å²) in [5, 5.41) is 4.85. The van der Waals surface area contributed by atoms with Gasteiger partial charge in [0.15, 0.2) is 0 Å². The summed E-state index contributed by atoms with van der Waals surface area (Å²) in [5.41, 5.74) is 5.15. The van der Waals surface area contributed by atoms with Gasteiger partial charge < -0.3 is 9.64 Å². The van der Waals surface area contributed by atoms with Gasteiger partial charge in [0, 0.05) is 37.8 Å². The van der Waals surface area contributed by atoms with Crippen molar-refractivity contribution in [2.75, 3.05) is 26.7 Å². The number of fused-ring (bicyclic) bond motifs is 1. The molecule has 1 saturated heterocycles. The normalized spacial score (nSPS) is 16.1. The summed E-state index contributed by atoms with van der Waals surface area (Å²) in [4.78, 5) is 34.6. The molecular weight excluding hydrogens is 456 g/mol. The molecule has 2 aromatic carbocycles. The van der Waals surface area contributed by atoms with Crippen LogP contribution < -0.4 is 4.74 Å². The highest BCUT2D eigenvalue weighted by Crippen LogP contribution is 2.30. The maximum absolute atomic E-state index is 13.8. The molecule has 0 atom stereocenters. The molecule has 8 nitrogen and oxygen atoms in total. The molecule has 188 valence electrons. The summed E-state index contributed by atoms with van der Waals surface area (Å²) in [5.74, 6) is 0.923. The highest BCUT2D eigenvalue weighted by Gasteiger charge is 2.36. The van der Waals surface area contributed by atoms with Crippen molar-refractivity contribution in [3.05, 3.63) is 77.1 Å². The van der Waals surface area contributed by atoms with E-state index >= 15 is 0 Å². The van der Waals surface area contributed by atoms with E-state index in [4.69, 9.17) is 19.4 Å². The summed E-state index contributed by atoms with van der Waals surface area (Å²) in [6.07, 6.45) is 4.00. The average molecular weight is 489 g/mol. The molecule has 0 N–H and O–H groups in total. The zero-order valence-corrected chi connectivity index (χ0v) is 20.9. The molecule has 0 saturated carbocycles. The Morgan fingerprint density at radius 1 is 1.00 bits per heavy atom. The molecule has 2 aliphatic rings. The smallest absolute Gasteiger partial charge is 0.373 e. The summed E-state index contributed by atoms with van der Waals surface area (Å²) < 4.78 is 7.15. The lowest BCUT2D eigenvalue weighted by atomic mass is 9.96. The molecule has 36 heavy (non-hydrogen) atoms. The van der Waals surface area contributed by atoms with Crippen LogP contribution in [0.4, 0.5) is 0 Å². The number of methoxy groups -OCH3 is 1. The predicted octanol–water partition coefficient (Wildman–Crippen LogP) is 3.52. The number of hydrogen-bond acceptors (Lipinski definition) is 6. The topological polar surface area (TPSA) is 84.7 Å².